The minimum Gasteiger partial charge on any atom is -0.428 e. The van der Waals surface area contributed by atoms with E-state index in [2.05, 4.69) is 22.3 Å². The Bertz CT molecular complexity index is 279. The van der Waals surface area contributed by atoms with E-state index in [0.717, 1.165) is 3.57 Å². The Morgan fingerprint density at radius 3 is 2.73 bits per heavy atom. The lowest BCUT2D eigenvalue weighted by atomic mass is 10.3. The maximum absolute atomic E-state index is 10.0. The third-order valence-electron chi connectivity index (χ3n) is 1.12. The summed E-state index contributed by atoms with van der Waals surface area (Å²) in [6, 6.07) is 4.84. The van der Waals surface area contributed by atoms with Crippen LogP contribution in [0.3, 0.4) is 0 Å². The SMILES string of the molecule is O=Nc1ccc(OS)c(I)c1. The Hall–Kier alpha value is -0.300. The molecule has 0 aliphatic carbocycles. The van der Waals surface area contributed by atoms with Gasteiger partial charge < -0.3 is 4.18 Å². The van der Waals surface area contributed by atoms with Crippen LogP contribution in [0.25, 0.3) is 0 Å². The van der Waals surface area contributed by atoms with Gasteiger partial charge >= 0.3 is 0 Å². The van der Waals surface area contributed by atoms with E-state index in [-0.39, 0.29) is 0 Å². The maximum Gasteiger partial charge on any atom is 0.150 e. The first-order valence-corrected chi connectivity index (χ1v) is 4.16. The van der Waals surface area contributed by atoms with Crippen LogP contribution in [0.15, 0.2) is 23.4 Å². The van der Waals surface area contributed by atoms with Crippen LogP contribution < -0.4 is 4.18 Å². The van der Waals surface area contributed by atoms with Gasteiger partial charge in [0.15, 0.2) is 0 Å². The van der Waals surface area contributed by atoms with E-state index in [1.807, 2.05) is 22.6 Å². The van der Waals surface area contributed by atoms with Crippen molar-refractivity contribution < 1.29 is 4.18 Å². The zero-order valence-electron chi connectivity index (χ0n) is 5.32. The molecule has 0 N–H and O–H groups in total. The third kappa shape index (κ3) is 2.06. The van der Waals surface area contributed by atoms with Gasteiger partial charge in [-0.2, -0.15) is 0 Å². The normalized spacial score (nSPS) is 9.27. The van der Waals surface area contributed by atoms with Gasteiger partial charge in [-0.3, -0.25) is 0 Å². The van der Waals surface area contributed by atoms with E-state index in [1.54, 1.807) is 18.2 Å². The van der Waals surface area contributed by atoms with Gasteiger partial charge in [-0.15, -0.1) is 4.91 Å². The molecule has 0 aliphatic heterocycles. The van der Waals surface area contributed by atoms with Crippen LogP contribution in [0.1, 0.15) is 0 Å². The van der Waals surface area contributed by atoms with Gasteiger partial charge in [0.05, 0.1) is 3.57 Å². The maximum atomic E-state index is 10.0. The molecule has 0 bridgehead atoms. The van der Waals surface area contributed by atoms with Crippen molar-refractivity contribution in [1.29, 1.82) is 0 Å². The minimum atomic E-state index is 0.392. The van der Waals surface area contributed by atoms with Crippen molar-refractivity contribution in [3.05, 3.63) is 26.7 Å². The molecule has 1 aromatic carbocycles. The number of nitroso groups, excluding NO2 is 1. The number of halogens is 1. The van der Waals surface area contributed by atoms with Gasteiger partial charge in [0.1, 0.15) is 11.4 Å². The summed E-state index contributed by atoms with van der Waals surface area (Å²) in [7, 11) is 0. The number of nitrogens with zero attached hydrogens (tertiary/aromatic N) is 1. The number of rotatable bonds is 2. The number of hydrogen-bond acceptors (Lipinski definition) is 4. The molecule has 0 heterocycles. The molecule has 0 aromatic heterocycles. The molecule has 11 heavy (non-hydrogen) atoms. The Labute approximate surface area is 82.9 Å². The first kappa shape index (κ1) is 8.79. The monoisotopic (exact) mass is 281 g/mol. The van der Waals surface area contributed by atoms with E-state index >= 15 is 0 Å². The second kappa shape index (κ2) is 3.91. The predicted octanol–water partition coefficient (Wildman–Crippen LogP) is 2.91. The molecule has 0 amide bonds. The summed E-state index contributed by atoms with van der Waals surface area (Å²) in [5.74, 6) is 0.626. The van der Waals surface area contributed by atoms with Crippen molar-refractivity contribution in [2.45, 2.75) is 0 Å². The van der Waals surface area contributed by atoms with Crippen molar-refractivity contribution in [1.82, 2.24) is 0 Å². The van der Waals surface area contributed by atoms with Gasteiger partial charge in [-0.1, -0.05) is 0 Å². The zero-order valence-corrected chi connectivity index (χ0v) is 8.37. The summed E-state index contributed by atoms with van der Waals surface area (Å²) in [5, 5.41) is 2.77. The second-order valence-electron chi connectivity index (χ2n) is 1.80. The van der Waals surface area contributed by atoms with Crippen molar-refractivity contribution in [2.24, 2.45) is 5.18 Å². The Balaban J connectivity index is 3.09. The number of benzene rings is 1. The van der Waals surface area contributed by atoms with Crippen LogP contribution in [0.4, 0.5) is 5.69 Å². The van der Waals surface area contributed by atoms with Gasteiger partial charge in [-0.25, -0.2) is 0 Å². The molecule has 3 nitrogen and oxygen atoms in total. The highest BCUT2D eigenvalue weighted by atomic mass is 127. The summed E-state index contributed by atoms with van der Waals surface area (Å²) in [4.78, 5) is 10.0. The van der Waals surface area contributed by atoms with E-state index in [1.165, 1.54) is 0 Å². The molecular weight excluding hydrogens is 277 g/mol. The van der Waals surface area contributed by atoms with Crippen LogP contribution in [-0.4, -0.2) is 0 Å². The molecular formula is C6H4INO2S. The number of thiol groups is 1. The molecule has 0 unspecified atom stereocenters. The first-order valence-electron chi connectivity index (χ1n) is 2.72. The van der Waals surface area contributed by atoms with E-state index in [9.17, 15) is 4.91 Å². The average Bonchev–Trinajstić information content (AvgIpc) is 2.04. The molecule has 0 saturated carbocycles. The van der Waals surface area contributed by atoms with Crippen LogP contribution in [0, 0.1) is 8.48 Å². The van der Waals surface area contributed by atoms with Crippen LogP contribution in [0.2, 0.25) is 0 Å². The minimum absolute atomic E-state index is 0.392. The third-order valence-corrected chi connectivity index (χ3v) is 2.16. The summed E-state index contributed by atoms with van der Waals surface area (Å²) in [6.07, 6.45) is 0. The number of hydrogen-bond donors (Lipinski definition) is 1. The van der Waals surface area contributed by atoms with Crippen LogP contribution in [-0.2, 0) is 0 Å². The quantitative estimate of drug-likeness (QED) is 0.392. The van der Waals surface area contributed by atoms with E-state index in [0.29, 0.717) is 11.4 Å². The van der Waals surface area contributed by atoms with Gasteiger partial charge in [0, 0.05) is 12.9 Å². The van der Waals surface area contributed by atoms with Crippen LogP contribution >= 0.6 is 35.5 Å². The van der Waals surface area contributed by atoms with E-state index < -0.39 is 0 Å². The molecule has 1 aromatic rings. The highest BCUT2D eigenvalue weighted by molar-refractivity contribution is 14.1. The van der Waals surface area contributed by atoms with Crippen molar-refractivity contribution in [3.63, 3.8) is 0 Å². The smallest absolute Gasteiger partial charge is 0.150 e. The molecule has 58 valence electrons. The molecule has 0 saturated heterocycles. The van der Waals surface area contributed by atoms with Crippen molar-refractivity contribution in [3.8, 4) is 5.75 Å². The molecule has 1 rings (SSSR count). The molecule has 0 aliphatic rings. The molecule has 0 spiro atoms. The fourth-order valence-electron chi connectivity index (χ4n) is 0.621. The van der Waals surface area contributed by atoms with E-state index in [4.69, 9.17) is 0 Å². The highest BCUT2D eigenvalue weighted by Crippen LogP contribution is 2.26. The Kier molecular flexibility index (Phi) is 3.13. The topological polar surface area (TPSA) is 38.7 Å². The summed E-state index contributed by atoms with van der Waals surface area (Å²) < 4.78 is 5.50. The zero-order chi connectivity index (χ0) is 8.27. The summed E-state index contributed by atoms with van der Waals surface area (Å²) >= 11 is 5.67. The van der Waals surface area contributed by atoms with Gasteiger partial charge in [0.25, 0.3) is 0 Å². The second-order valence-corrected chi connectivity index (χ2v) is 3.14. The first-order chi connectivity index (χ1) is 5.27. The van der Waals surface area contributed by atoms with Gasteiger partial charge in [0.2, 0.25) is 0 Å². The Morgan fingerprint density at radius 2 is 2.27 bits per heavy atom. The molecule has 5 heteroatoms. The van der Waals surface area contributed by atoms with Crippen molar-refractivity contribution >= 4 is 41.2 Å². The largest absolute Gasteiger partial charge is 0.428 e. The summed E-state index contributed by atoms with van der Waals surface area (Å²) in [5.41, 5.74) is 0.392. The fraction of sp³-hybridized carbons (Fsp3) is 0. The summed E-state index contributed by atoms with van der Waals surface area (Å²) in [6.45, 7) is 0. The highest BCUT2D eigenvalue weighted by Gasteiger charge is 2.00. The Morgan fingerprint density at radius 1 is 1.55 bits per heavy atom. The van der Waals surface area contributed by atoms with Gasteiger partial charge in [-0.05, 0) is 46.0 Å². The lowest BCUT2D eigenvalue weighted by molar-refractivity contribution is 0.654. The molecule has 0 fully saturated rings. The lowest BCUT2D eigenvalue weighted by Crippen LogP contribution is -1.78. The van der Waals surface area contributed by atoms with Crippen molar-refractivity contribution in [2.75, 3.05) is 0 Å². The molecule has 0 radical (unpaired) electrons. The molecule has 0 atom stereocenters. The predicted molar refractivity (Wildman–Crippen MR) is 54.2 cm³/mol. The lowest BCUT2D eigenvalue weighted by Gasteiger charge is -1.99. The fourth-order valence-corrected chi connectivity index (χ4v) is 1.56. The standard InChI is InChI=1S/C6H4INO2S/c7-5-3-4(8-9)1-2-6(5)10-11/h1-3,11H. The van der Waals surface area contributed by atoms with Crippen LogP contribution in [0.5, 0.6) is 5.75 Å². The average molecular weight is 281 g/mol.